The smallest absolute Gasteiger partial charge is 0.187 e. The van der Waals surface area contributed by atoms with Crippen LogP contribution in [0, 0.1) is 13.5 Å². The Morgan fingerprint density at radius 3 is 2.05 bits per heavy atom. The first-order valence-electron chi connectivity index (χ1n) is 14.2. The topological polar surface area (TPSA) is 30.4 Å². The van der Waals surface area contributed by atoms with Crippen LogP contribution in [-0.2, 0) is 0 Å². The summed E-state index contributed by atoms with van der Waals surface area (Å²) >= 11 is 1.73. The summed E-state index contributed by atoms with van der Waals surface area (Å²) in [6.07, 6.45) is 0. The van der Waals surface area contributed by atoms with Crippen molar-refractivity contribution in [1.29, 1.82) is 0 Å². The molecule has 202 valence electrons. The molecule has 0 N–H and O–H groups in total. The number of thiazole rings is 1. The van der Waals surface area contributed by atoms with Gasteiger partial charge in [0, 0.05) is 27.5 Å². The molecule has 2 aromatic heterocycles. The maximum absolute atomic E-state index is 7.23. The normalized spacial score (nSPS) is 11.3. The predicted octanol–water partition coefficient (Wildman–Crippen LogP) is 11.7. The van der Waals surface area contributed by atoms with Crippen molar-refractivity contribution < 1.29 is 4.42 Å². The predicted molar refractivity (Wildman–Crippen MR) is 180 cm³/mol. The van der Waals surface area contributed by atoms with E-state index in [1.807, 2.05) is 36.4 Å². The molecule has 8 rings (SSSR count). The van der Waals surface area contributed by atoms with E-state index in [9.17, 15) is 0 Å². The summed E-state index contributed by atoms with van der Waals surface area (Å²) in [5.74, 6) is 0. The molecule has 0 saturated heterocycles. The molecule has 0 radical (unpaired) electrons. The molecule has 0 atom stereocenters. The van der Waals surface area contributed by atoms with E-state index in [1.54, 1.807) is 11.3 Å². The van der Waals surface area contributed by atoms with Crippen LogP contribution in [0.5, 0.6) is 0 Å². The van der Waals surface area contributed by atoms with Crippen molar-refractivity contribution in [2.24, 2.45) is 0 Å². The van der Waals surface area contributed by atoms with E-state index in [2.05, 4.69) is 103 Å². The standard InChI is InChI=1S/C39H24N2OS/c1-24-8-3-4-9-30(24)39-41-37-34(33-12-7-11-32-31-10-5-6-13-35(31)42-38(32)33)22-28(23-36(37)43-39)27-16-14-25(15-17-27)26-18-20-29(40-2)21-19-26/h3-23H,1H3. The SMILES string of the molecule is [C-]#[N+]c1ccc(-c2ccc(-c3cc(-c4cccc5c4oc4ccccc45)c4nc(-c5ccccc5C)sc4c3)cc2)cc1. The summed E-state index contributed by atoms with van der Waals surface area (Å²) < 4.78 is 7.62. The van der Waals surface area contributed by atoms with Crippen molar-refractivity contribution in [3.63, 3.8) is 0 Å². The van der Waals surface area contributed by atoms with Gasteiger partial charge in [0.05, 0.1) is 16.8 Å². The quantitative estimate of drug-likeness (QED) is 0.198. The zero-order valence-corrected chi connectivity index (χ0v) is 24.2. The lowest BCUT2D eigenvalue weighted by Crippen LogP contribution is -1.86. The third-order valence-corrected chi connectivity index (χ3v) is 9.15. The summed E-state index contributed by atoms with van der Waals surface area (Å²) in [6.45, 7) is 9.37. The fourth-order valence-electron chi connectivity index (χ4n) is 5.87. The van der Waals surface area contributed by atoms with E-state index in [0.29, 0.717) is 5.69 Å². The summed E-state index contributed by atoms with van der Waals surface area (Å²) in [6, 6.07) is 44.0. The van der Waals surface area contributed by atoms with E-state index < -0.39 is 0 Å². The number of hydrogen-bond acceptors (Lipinski definition) is 3. The van der Waals surface area contributed by atoms with E-state index in [0.717, 1.165) is 76.1 Å². The first kappa shape index (κ1) is 25.2. The van der Waals surface area contributed by atoms with Gasteiger partial charge in [0.25, 0.3) is 0 Å². The maximum Gasteiger partial charge on any atom is 0.187 e. The van der Waals surface area contributed by atoms with Crippen LogP contribution in [0.1, 0.15) is 5.56 Å². The van der Waals surface area contributed by atoms with Crippen LogP contribution in [0.4, 0.5) is 5.69 Å². The molecule has 0 aliphatic carbocycles. The molecule has 3 nitrogen and oxygen atoms in total. The molecule has 8 aromatic rings. The van der Waals surface area contributed by atoms with Crippen LogP contribution in [-0.4, -0.2) is 4.98 Å². The number of hydrogen-bond donors (Lipinski definition) is 0. The van der Waals surface area contributed by atoms with Gasteiger partial charge in [0.1, 0.15) is 16.2 Å². The van der Waals surface area contributed by atoms with Crippen molar-refractivity contribution in [2.75, 3.05) is 0 Å². The number of aryl methyl sites for hydroxylation is 1. The van der Waals surface area contributed by atoms with Crippen LogP contribution in [0.15, 0.2) is 132 Å². The molecular formula is C39H24N2OS. The van der Waals surface area contributed by atoms with Crippen molar-refractivity contribution in [1.82, 2.24) is 4.98 Å². The largest absolute Gasteiger partial charge is 0.455 e. The van der Waals surface area contributed by atoms with Crippen LogP contribution in [0.3, 0.4) is 0 Å². The molecule has 0 saturated carbocycles. The minimum Gasteiger partial charge on any atom is -0.455 e. The second kappa shape index (κ2) is 10.1. The average molecular weight is 569 g/mol. The first-order valence-corrected chi connectivity index (χ1v) is 15.0. The van der Waals surface area contributed by atoms with Gasteiger partial charge in [-0.2, -0.15) is 0 Å². The third-order valence-electron chi connectivity index (χ3n) is 8.11. The van der Waals surface area contributed by atoms with Gasteiger partial charge in [-0.1, -0.05) is 109 Å². The summed E-state index contributed by atoms with van der Waals surface area (Å²) in [5.41, 5.74) is 12.3. The van der Waals surface area contributed by atoms with Gasteiger partial charge in [-0.15, -0.1) is 11.3 Å². The minimum absolute atomic E-state index is 0.648. The number of rotatable bonds is 4. The van der Waals surface area contributed by atoms with Gasteiger partial charge in [0.15, 0.2) is 5.69 Å². The van der Waals surface area contributed by atoms with Gasteiger partial charge in [-0.3, -0.25) is 0 Å². The Morgan fingerprint density at radius 1 is 0.628 bits per heavy atom. The lowest BCUT2D eigenvalue weighted by Gasteiger charge is -2.10. The van der Waals surface area contributed by atoms with Crippen LogP contribution >= 0.6 is 11.3 Å². The Balaban J connectivity index is 1.33. The molecule has 0 aliphatic rings. The van der Waals surface area contributed by atoms with Gasteiger partial charge < -0.3 is 4.42 Å². The van der Waals surface area contributed by atoms with Crippen molar-refractivity contribution >= 4 is 49.2 Å². The zero-order valence-electron chi connectivity index (χ0n) is 23.3. The Labute approximate surface area is 253 Å². The number of para-hydroxylation sites is 2. The molecule has 0 bridgehead atoms. The number of furan rings is 1. The summed E-state index contributed by atoms with van der Waals surface area (Å²) in [7, 11) is 0. The van der Waals surface area contributed by atoms with Crippen molar-refractivity contribution in [2.45, 2.75) is 6.92 Å². The number of aromatic nitrogens is 1. The van der Waals surface area contributed by atoms with E-state index in [4.69, 9.17) is 16.0 Å². The van der Waals surface area contributed by atoms with Crippen LogP contribution in [0.25, 0.3) is 81.0 Å². The molecule has 4 heteroatoms. The van der Waals surface area contributed by atoms with E-state index >= 15 is 0 Å². The Hall–Kier alpha value is -5.50. The fourth-order valence-corrected chi connectivity index (χ4v) is 6.99. The lowest BCUT2D eigenvalue weighted by atomic mass is 9.95. The van der Waals surface area contributed by atoms with E-state index in [-0.39, 0.29) is 0 Å². The van der Waals surface area contributed by atoms with Crippen molar-refractivity contribution in [3.8, 4) is 44.0 Å². The number of fused-ring (bicyclic) bond motifs is 4. The monoisotopic (exact) mass is 568 g/mol. The van der Waals surface area contributed by atoms with Gasteiger partial charge in [-0.25, -0.2) is 9.83 Å². The average Bonchev–Trinajstić information content (AvgIpc) is 3.66. The van der Waals surface area contributed by atoms with Crippen molar-refractivity contribution in [3.05, 3.63) is 144 Å². The zero-order chi connectivity index (χ0) is 28.9. The highest BCUT2D eigenvalue weighted by Crippen LogP contribution is 2.43. The lowest BCUT2D eigenvalue weighted by molar-refractivity contribution is 0.670. The first-order chi connectivity index (χ1) is 21.2. The fraction of sp³-hybridized carbons (Fsp3) is 0.0256. The summed E-state index contributed by atoms with van der Waals surface area (Å²) in [4.78, 5) is 8.75. The van der Waals surface area contributed by atoms with Gasteiger partial charge in [0.2, 0.25) is 0 Å². The Morgan fingerprint density at radius 2 is 1.28 bits per heavy atom. The highest BCUT2D eigenvalue weighted by Gasteiger charge is 2.19. The van der Waals surface area contributed by atoms with Crippen LogP contribution < -0.4 is 0 Å². The second-order valence-electron chi connectivity index (χ2n) is 10.7. The molecule has 0 aliphatic heterocycles. The summed E-state index contributed by atoms with van der Waals surface area (Å²) in [5, 5.41) is 3.24. The molecule has 0 spiro atoms. The molecule has 0 amide bonds. The molecule has 43 heavy (non-hydrogen) atoms. The van der Waals surface area contributed by atoms with Crippen LogP contribution in [0.2, 0.25) is 0 Å². The molecule has 0 fully saturated rings. The molecule has 0 unspecified atom stereocenters. The third kappa shape index (κ3) is 4.30. The molecular weight excluding hydrogens is 545 g/mol. The highest BCUT2D eigenvalue weighted by atomic mass is 32.1. The maximum atomic E-state index is 7.23. The van der Waals surface area contributed by atoms with E-state index in [1.165, 1.54) is 5.56 Å². The second-order valence-corrected chi connectivity index (χ2v) is 11.8. The molecule has 2 heterocycles. The highest BCUT2D eigenvalue weighted by molar-refractivity contribution is 7.21. The Kier molecular flexibility index (Phi) is 5.92. The minimum atomic E-state index is 0.648. The number of benzene rings is 6. The van der Waals surface area contributed by atoms with Gasteiger partial charge in [-0.05, 0) is 52.9 Å². The molecule has 6 aromatic carbocycles. The van der Waals surface area contributed by atoms with Gasteiger partial charge >= 0.3 is 0 Å². The Bertz CT molecular complexity index is 2350. The number of nitrogens with zero attached hydrogens (tertiary/aromatic N) is 2.